The van der Waals surface area contributed by atoms with Crippen LogP contribution in [0.5, 0.6) is 0 Å². The molecule has 0 rings (SSSR count). The fourth-order valence-electron chi connectivity index (χ4n) is 0.223. The van der Waals surface area contributed by atoms with Crippen LogP contribution in [0.15, 0.2) is 11.9 Å². The van der Waals surface area contributed by atoms with E-state index in [9.17, 15) is 4.39 Å². The van der Waals surface area contributed by atoms with Crippen LogP contribution in [0.3, 0.4) is 0 Å². The number of rotatable bonds is 2. The maximum atomic E-state index is 11.3. The van der Waals surface area contributed by atoms with Crippen LogP contribution in [0.25, 0.3) is 0 Å². The minimum absolute atomic E-state index is 0.160. The zero-order chi connectivity index (χ0) is 5.70. The molecule has 0 radical (unpaired) electrons. The number of hydrogen-bond acceptors (Lipinski definition) is 1. The van der Waals surface area contributed by atoms with Gasteiger partial charge in [-0.15, -0.1) is 0 Å². The van der Waals surface area contributed by atoms with Gasteiger partial charge >= 0.3 is 0 Å². The van der Waals surface area contributed by atoms with Gasteiger partial charge in [0.25, 0.3) is 0 Å². The van der Waals surface area contributed by atoms with Crippen molar-refractivity contribution in [2.75, 3.05) is 6.61 Å². The van der Waals surface area contributed by atoms with E-state index in [-0.39, 0.29) is 6.61 Å². The summed E-state index contributed by atoms with van der Waals surface area (Å²) in [7, 11) is 0. The quantitative estimate of drug-likeness (QED) is 0.558. The Labute approximate surface area is 42.5 Å². The molecule has 42 valence electrons. The van der Waals surface area contributed by atoms with Crippen molar-refractivity contribution in [1.29, 1.82) is 0 Å². The van der Waals surface area contributed by atoms with Gasteiger partial charge in [-0.1, -0.05) is 6.92 Å². The van der Waals surface area contributed by atoms with E-state index in [2.05, 4.69) is 0 Å². The van der Waals surface area contributed by atoms with E-state index in [1.165, 1.54) is 0 Å². The van der Waals surface area contributed by atoms with Crippen molar-refractivity contribution in [3.63, 3.8) is 0 Å². The number of hydrogen-bond donors (Lipinski definition) is 1. The second-order valence-electron chi connectivity index (χ2n) is 1.28. The predicted octanol–water partition coefficient (Wildman–Crippen LogP) is 1.24. The molecule has 0 unspecified atom stereocenters. The van der Waals surface area contributed by atoms with Gasteiger partial charge in [-0.2, -0.15) is 0 Å². The summed E-state index contributed by atoms with van der Waals surface area (Å²) in [6, 6.07) is 0. The molecule has 0 saturated carbocycles. The maximum Gasteiger partial charge on any atom is 0.0881 e. The standard InChI is InChI=1S/C5H9FO/c1-2-5(3-6)4-7/h3,7H,2,4H2,1H3. The van der Waals surface area contributed by atoms with E-state index >= 15 is 0 Å². The van der Waals surface area contributed by atoms with Crippen molar-refractivity contribution in [2.24, 2.45) is 0 Å². The van der Waals surface area contributed by atoms with E-state index in [1.807, 2.05) is 0 Å². The fraction of sp³-hybridized carbons (Fsp3) is 0.600. The predicted molar refractivity (Wildman–Crippen MR) is 26.6 cm³/mol. The lowest BCUT2D eigenvalue weighted by molar-refractivity contribution is 0.325. The van der Waals surface area contributed by atoms with E-state index < -0.39 is 0 Å². The molecule has 0 aliphatic carbocycles. The number of aliphatic hydroxyl groups is 1. The van der Waals surface area contributed by atoms with Crippen molar-refractivity contribution in [1.82, 2.24) is 0 Å². The van der Waals surface area contributed by atoms with Crippen molar-refractivity contribution in [3.05, 3.63) is 11.9 Å². The Morgan fingerprint density at radius 1 is 1.86 bits per heavy atom. The van der Waals surface area contributed by atoms with Crippen molar-refractivity contribution >= 4 is 0 Å². The normalized spacial score (nSPS) is 12.1. The molecule has 0 fully saturated rings. The summed E-state index contributed by atoms with van der Waals surface area (Å²) in [4.78, 5) is 0. The Kier molecular flexibility index (Phi) is 3.61. The molecule has 0 aromatic rings. The van der Waals surface area contributed by atoms with Crippen LogP contribution in [0.2, 0.25) is 0 Å². The van der Waals surface area contributed by atoms with E-state index in [0.717, 1.165) is 0 Å². The molecular weight excluding hydrogens is 95.1 g/mol. The van der Waals surface area contributed by atoms with Gasteiger partial charge in [0.05, 0.1) is 12.9 Å². The van der Waals surface area contributed by atoms with Crippen LogP contribution in [0.1, 0.15) is 13.3 Å². The zero-order valence-electron chi connectivity index (χ0n) is 4.32. The maximum absolute atomic E-state index is 11.3. The first-order chi connectivity index (χ1) is 3.35. The second kappa shape index (κ2) is 3.81. The average Bonchev–Trinajstić information content (AvgIpc) is 1.72. The van der Waals surface area contributed by atoms with Gasteiger partial charge in [-0.3, -0.25) is 0 Å². The van der Waals surface area contributed by atoms with E-state index in [4.69, 9.17) is 5.11 Å². The molecule has 0 amide bonds. The van der Waals surface area contributed by atoms with Crippen LogP contribution in [0, 0.1) is 0 Å². The Morgan fingerprint density at radius 2 is 2.43 bits per heavy atom. The lowest BCUT2D eigenvalue weighted by atomic mass is 10.2. The summed E-state index contributed by atoms with van der Waals surface area (Å²) in [5, 5.41) is 8.22. The monoisotopic (exact) mass is 104 g/mol. The smallest absolute Gasteiger partial charge is 0.0881 e. The highest BCUT2D eigenvalue weighted by Gasteiger charge is 1.86. The molecule has 0 heterocycles. The third-order valence-electron chi connectivity index (χ3n) is 0.812. The van der Waals surface area contributed by atoms with Crippen LogP contribution < -0.4 is 0 Å². The summed E-state index contributed by atoms with van der Waals surface area (Å²) in [6.07, 6.45) is 1.03. The fourth-order valence-corrected chi connectivity index (χ4v) is 0.223. The molecule has 0 aromatic heterocycles. The summed E-state index contributed by atoms with van der Waals surface area (Å²) in [5.74, 6) is 0. The van der Waals surface area contributed by atoms with Gasteiger partial charge in [0.15, 0.2) is 0 Å². The summed E-state index contributed by atoms with van der Waals surface area (Å²) >= 11 is 0. The van der Waals surface area contributed by atoms with Gasteiger partial charge in [0, 0.05) is 0 Å². The molecule has 1 N–H and O–H groups in total. The molecule has 0 aromatic carbocycles. The van der Waals surface area contributed by atoms with Crippen LogP contribution in [-0.2, 0) is 0 Å². The zero-order valence-corrected chi connectivity index (χ0v) is 4.32. The molecule has 1 nitrogen and oxygen atoms in total. The second-order valence-corrected chi connectivity index (χ2v) is 1.28. The Bertz CT molecular complexity index is 62.5. The average molecular weight is 104 g/mol. The molecule has 0 atom stereocenters. The Hall–Kier alpha value is -0.370. The third-order valence-corrected chi connectivity index (χ3v) is 0.812. The SMILES string of the molecule is CCC(=CF)CO. The first-order valence-corrected chi connectivity index (χ1v) is 2.24. The highest BCUT2D eigenvalue weighted by atomic mass is 19.1. The number of halogens is 1. The van der Waals surface area contributed by atoms with Crippen molar-refractivity contribution in [3.8, 4) is 0 Å². The molecule has 0 aliphatic heterocycles. The van der Waals surface area contributed by atoms with Crippen LogP contribution >= 0.6 is 0 Å². The number of aliphatic hydroxyl groups excluding tert-OH is 1. The summed E-state index contributed by atoms with van der Waals surface area (Å²) in [6.45, 7) is 1.63. The Balaban J connectivity index is 3.38. The minimum atomic E-state index is -0.160. The molecule has 0 bridgehead atoms. The first kappa shape index (κ1) is 6.63. The third kappa shape index (κ3) is 2.34. The molecule has 0 aliphatic rings. The molecular formula is C5H9FO. The van der Waals surface area contributed by atoms with Gasteiger partial charge in [-0.25, -0.2) is 4.39 Å². The summed E-state index contributed by atoms with van der Waals surface area (Å²) in [5.41, 5.74) is 0.444. The largest absolute Gasteiger partial charge is 0.392 e. The molecule has 2 heteroatoms. The van der Waals surface area contributed by atoms with E-state index in [1.54, 1.807) is 6.92 Å². The molecule has 7 heavy (non-hydrogen) atoms. The highest BCUT2D eigenvalue weighted by molar-refractivity contribution is 4.95. The highest BCUT2D eigenvalue weighted by Crippen LogP contribution is 1.96. The lowest BCUT2D eigenvalue weighted by Crippen LogP contribution is -1.84. The van der Waals surface area contributed by atoms with Crippen LogP contribution in [0.4, 0.5) is 4.39 Å². The topological polar surface area (TPSA) is 20.2 Å². The minimum Gasteiger partial charge on any atom is -0.392 e. The molecule has 0 spiro atoms. The molecule has 0 saturated heterocycles. The Morgan fingerprint density at radius 3 is 2.43 bits per heavy atom. The van der Waals surface area contributed by atoms with Crippen LogP contribution in [-0.4, -0.2) is 11.7 Å². The van der Waals surface area contributed by atoms with Gasteiger partial charge in [-0.05, 0) is 12.0 Å². The summed E-state index contributed by atoms with van der Waals surface area (Å²) < 4.78 is 11.3. The lowest BCUT2D eigenvalue weighted by Gasteiger charge is -1.90. The van der Waals surface area contributed by atoms with Gasteiger partial charge < -0.3 is 5.11 Å². The first-order valence-electron chi connectivity index (χ1n) is 2.24. The van der Waals surface area contributed by atoms with Gasteiger partial charge in [0.1, 0.15) is 0 Å². The van der Waals surface area contributed by atoms with Crippen molar-refractivity contribution < 1.29 is 9.50 Å². The van der Waals surface area contributed by atoms with Gasteiger partial charge in [0.2, 0.25) is 0 Å². The van der Waals surface area contributed by atoms with E-state index in [0.29, 0.717) is 18.3 Å². The van der Waals surface area contributed by atoms with Crippen molar-refractivity contribution in [2.45, 2.75) is 13.3 Å².